The van der Waals surface area contributed by atoms with Gasteiger partial charge in [-0.15, -0.1) is 0 Å². The molecule has 1 rings (SSSR count). The predicted molar refractivity (Wildman–Crippen MR) is 66.7 cm³/mol. The lowest BCUT2D eigenvalue weighted by Crippen LogP contribution is -2.34. The van der Waals surface area contributed by atoms with Crippen LogP contribution in [-0.2, 0) is 10.0 Å². The third kappa shape index (κ3) is 4.03. The fourth-order valence-corrected chi connectivity index (χ4v) is 3.64. The van der Waals surface area contributed by atoms with Gasteiger partial charge in [-0.3, -0.25) is 0 Å². The van der Waals surface area contributed by atoms with Crippen LogP contribution >= 0.6 is 0 Å². The maximum absolute atomic E-state index is 12.0. The van der Waals surface area contributed by atoms with Gasteiger partial charge in [0, 0.05) is 13.1 Å². The van der Waals surface area contributed by atoms with Gasteiger partial charge >= 0.3 is 0 Å². The summed E-state index contributed by atoms with van der Waals surface area (Å²) < 4.78 is 25.6. The van der Waals surface area contributed by atoms with Gasteiger partial charge in [0.05, 0.1) is 5.75 Å². The molecular weight excluding hydrogens is 224 g/mol. The summed E-state index contributed by atoms with van der Waals surface area (Å²) in [7, 11) is -3.07. The molecule has 0 saturated carbocycles. The zero-order valence-corrected chi connectivity index (χ0v) is 11.2. The van der Waals surface area contributed by atoms with Crippen LogP contribution in [0.4, 0.5) is 0 Å². The summed E-state index contributed by atoms with van der Waals surface area (Å²) in [6, 6.07) is 0. The van der Waals surface area contributed by atoms with E-state index in [0.717, 1.165) is 19.3 Å². The van der Waals surface area contributed by atoms with E-state index >= 15 is 0 Å². The Balaban J connectivity index is 2.60. The molecule has 0 atom stereocenters. The van der Waals surface area contributed by atoms with Crippen LogP contribution < -0.4 is 5.73 Å². The van der Waals surface area contributed by atoms with E-state index in [2.05, 4.69) is 13.8 Å². The van der Waals surface area contributed by atoms with Crippen molar-refractivity contribution in [3.05, 3.63) is 0 Å². The molecule has 1 saturated heterocycles. The van der Waals surface area contributed by atoms with Gasteiger partial charge in [-0.2, -0.15) is 0 Å². The van der Waals surface area contributed by atoms with Crippen LogP contribution in [-0.4, -0.2) is 38.1 Å². The van der Waals surface area contributed by atoms with E-state index in [-0.39, 0.29) is 11.2 Å². The van der Waals surface area contributed by atoms with Crippen LogP contribution in [0.15, 0.2) is 0 Å². The highest BCUT2D eigenvalue weighted by Crippen LogP contribution is 2.30. The summed E-state index contributed by atoms with van der Waals surface area (Å²) in [6.07, 6.45) is 3.59. The highest BCUT2D eigenvalue weighted by Gasteiger charge is 2.28. The standard InChI is InChI=1S/C11H24N2O2S/c1-11(2)5-3-8-13(9-6-11)16(14,15)10-4-7-12/h3-10,12H2,1-2H3. The Labute approximate surface area is 99.2 Å². The van der Waals surface area contributed by atoms with E-state index in [9.17, 15) is 8.42 Å². The average Bonchev–Trinajstić information content (AvgIpc) is 2.36. The largest absolute Gasteiger partial charge is 0.330 e. The quantitative estimate of drug-likeness (QED) is 0.812. The number of sulfonamides is 1. The number of hydrogen-bond donors (Lipinski definition) is 1. The van der Waals surface area contributed by atoms with Crippen molar-refractivity contribution < 1.29 is 8.42 Å². The molecule has 1 aliphatic heterocycles. The van der Waals surface area contributed by atoms with Crippen molar-refractivity contribution in [1.82, 2.24) is 4.31 Å². The van der Waals surface area contributed by atoms with E-state index in [0.29, 0.717) is 26.1 Å². The Morgan fingerprint density at radius 1 is 1.25 bits per heavy atom. The number of hydrogen-bond acceptors (Lipinski definition) is 3. The summed E-state index contributed by atoms with van der Waals surface area (Å²) in [5.74, 6) is 0.198. The first-order chi connectivity index (χ1) is 7.37. The van der Waals surface area contributed by atoms with Crippen LogP contribution in [0, 0.1) is 5.41 Å². The van der Waals surface area contributed by atoms with Crippen molar-refractivity contribution in [2.45, 2.75) is 39.5 Å². The highest BCUT2D eigenvalue weighted by atomic mass is 32.2. The van der Waals surface area contributed by atoms with Crippen LogP contribution in [0.25, 0.3) is 0 Å². The molecule has 0 aromatic heterocycles. The monoisotopic (exact) mass is 248 g/mol. The van der Waals surface area contributed by atoms with Gasteiger partial charge < -0.3 is 5.73 Å². The van der Waals surface area contributed by atoms with Crippen molar-refractivity contribution in [3.8, 4) is 0 Å². The summed E-state index contributed by atoms with van der Waals surface area (Å²) in [6.45, 7) is 6.21. The highest BCUT2D eigenvalue weighted by molar-refractivity contribution is 7.89. The molecule has 0 spiro atoms. The first-order valence-electron chi connectivity index (χ1n) is 6.05. The summed E-state index contributed by atoms with van der Waals surface area (Å²) in [4.78, 5) is 0. The number of rotatable bonds is 4. The minimum Gasteiger partial charge on any atom is -0.330 e. The molecule has 0 aromatic rings. The van der Waals surface area contributed by atoms with Gasteiger partial charge in [0.25, 0.3) is 0 Å². The van der Waals surface area contributed by atoms with E-state index in [1.165, 1.54) is 0 Å². The first-order valence-corrected chi connectivity index (χ1v) is 7.66. The topological polar surface area (TPSA) is 63.4 Å². The lowest BCUT2D eigenvalue weighted by Gasteiger charge is -2.23. The van der Waals surface area contributed by atoms with Gasteiger partial charge in [0.15, 0.2) is 0 Å². The van der Waals surface area contributed by atoms with E-state index in [1.807, 2.05) is 0 Å². The molecule has 2 N–H and O–H groups in total. The Morgan fingerprint density at radius 2 is 1.94 bits per heavy atom. The molecule has 0 radical (unpaired) electrons. The fraction of sp³-hybridized carbons (Fsp3) is 1.00. The molecule has 1 fully saturated rings. The molecular formula is C11H24N2O2S. The van der Waals surface area contributed by atoms with Gasteiger partial charge in [-0.25, -0.2) is 12.7 Å². The smallest absolute Gasteiger partial charge is 0.214 e. The Bertz CT molecular complexity index is 312. The molecule has 5 heteroatoms. The lowest BCUT2D eigenvalue weighted by molar-refractivity contribution is 0.314. The van der Waals surface area contributed by atoms with Crippen molar-refractivity contribution in [3.63, 3.8) is 0 Å². The lowest BCUT2D eigenvalue weighted by atomic mass is 9.85. The van der Waals surface area contributed by atoms with Gasteiger partial charge in [-0.1, -0.05) is 13.8 Å². The van der Waals surface area contributed by atoms with E-state index in [1.54, 1.807) is 4.31 Å². The molecule has 1 aliphatic rings. The van der Waals surface area contributed by atoms with Crippen molar-refractivity contribution in [2.75, 3.05) is 25.4 Å². The molecule has 0 unspecified atom stereocenters. The summed E-state index contributed by atoms with van der Waals surface area (Å²) in [5, 5.41) is 0. The molecule has 0 bridgehead atoms. The third-order valence-corrected chi connectivity index (χ3v) is 5.26. The number of nitrogens with zero attached hydrogens (tertiary/aromatic N) is 1. The molecule has 0 amide bonds. The van der Waals surface area contributed by atoms with Crippen LogP contribution in [0.2, 0.25) is 0 Å². The van der Waals surface area contributed by atoms with Crippen LogP contribution in [0.5, 0.6) is 0 Å². The second-order valence-electron chi connectivity index (χ2n) is 5.38. The van der Waals surface area contributed by atoms with Crippen molar-refractivity contribution >= 4 is 10.0 Å². The number of nitrogens with two attached hydrogens (primary N) is 1. The van der Waals surface area contributed by atoms with Crippen LogP contribution in [0.3, 0.4) is 0 Å². The maximum atomic E-state index is 12.0. The van der Waals surface area contributed by atoms with Crippen molar-refractivity contribution in [2.24, 2.45) is 11.1 Å². The second kappa shape index (κ2) is 5.47. The van der Waals surface area contributed by atoms with E-state index in [4.69, 9.17) is 5.73 Å². The SMILES string of the molecule is CC1(C)CCCN(S(=O)(=O)CCCN)CC1. The Hall–Kier alpha value is -0.130. The van der Waals surface area contributed by atoms with Crippen molar-refractivity contribution in [1.29, 1.82) is 0 Å². The Morgan fingerprint density at radius 3 is 2.56 bits per heavy atom. The van der Waals surface area contributed by atoms with Gasteiger partial charge in [0.2, 0.25) is 10.0 Å². The molecule has 0 aliphatic carbocycles. The molecule has 4 nitrogen and oxygen atoms in total. The van der Waals surface area contributed by atoms with E-state index < -0.39 is 10.0 Å². The summed E-state index contributed by atoms with van der Waals surface area (Å²) >= 11 is 0. The predicted octanol–water partition coefficient (Wildman–Crippen LogP) is 1.18. The zero-order chi connectivity index (χ0) is 12.2. The summed E-state index contributed by atoms with van der Waals surface area (Å²) in [5.41, 5.74) is 5.63. The minimum atomic E-state index is -3.07. The molecule has 0 aromatic carbocycles. The molecule has 16 heavy (non-hydrogen) atoms. The molecule has 1 heterocycles. The van der Waals surface area contributed by atoms with Crippen LogP contribution in [0.1, 0.15) is 39.5 Å². The average molecular weight is 248 g/mol. The van der Waals surface area contributed by atoms with Gasteiger partial charge in [0.1, 0.15) is 0 Å². The fourth-order valence-electron chi connectivity index (χ4n) is 2.07. The molecule has 96 valence electrons. The normalized spacial score (nSPS) is 22.9. The third-order valence-electron chi connectivity index (χ3n) is 3.30. The van der Waals surface area contributed by atoms with Gasteiger partial charge in [-0.05, 0) is 37.6 Å². The minimum absolute atomic E-state index is 0.198. The Kier molecular flexibility index (Phi) is 4.76. The second-order valence-corrected chi connectivity index (χ2v) is 7.46. The zero-order valence-electron chi connectivity index (χ0n) is 10.4. The first kappa shape index (κ1) is 13.9. The maximum Gasteiger partial charge on any atom is 0.214 e.